The molecule has 6 heteroatoms. The Hall–Kier alpha value is -0.980. The lowest BCUT2D eigenvalue weighted by Gasteiger charge is -2.00. The van der Waals surface area contributed by atoms with Crippen LogP contribution < -0.4 is 5.32 Å². The highest BCUT2D eigenvalue weighted by Gasteiger charge is 2.08. The fourth-order valence-corrected chi connectivity index (χ4v) is 1.69. The van der Waals surface area contributed by atoms with Gasteiger partial charge in [-0.2, -0.15) is 0 Å². The minimum atomic E-state index is -0.372. The summed E-state index contributed by atoms with van der Waals surface area (Å²) in [5.41, 5.74) is 0.942. The molecule has 0 saturated heterocycles. The second kappa shape index (κ2) is 5.69. The Kier molecular flexibility index (Phi) is 4.51. The molecule has 14 heavy (non-hydrogen) atoms. The molecule has 0 amide bonds. The van der Waals surface area contributed by atoms with Crippen LogP contribution in [0.2, 0.25) is 0 Å². The van der Waals surface area contributed by atoms with Gasteiger partial charge in [0, 0.05) is 31.6 Å². The number of ether oxygens (including phenoxy) is 1. The fourth-order valence-electron chi connectivity index (χ4n) is 0.958. The molecule has 0 saturated carbocycles. The van der Waals surface area contributed by atoms with E-state index in [0.29, 0.717) is 13.2 Å². The van der Waals surface area contributed by atoms with Gasteiger partial charge in [-0.15, -0.1) is 0 Å². The quantitative estimate of drug-likeness (QED) is 0.443. The highest BCUT2D eigenvalue weighted by molar-refractivity contribution is 7.13. The lowest BCUT2D eigenvalue weighted by Crippen LogP contribution is -2.18. The number of methoxy groups -OCH3 is 1. The van der Waals surface area contributed by atoms with Crippen LogP contribution in [0.4, 0.5) is 5.00 Å². The smallest absolute Gasteiger partial charge is 0.324 e. The van der Waals surface area contributed by atoms with Crippen molar-refractivity contribution in [3.63, 3.8) is 0 Å². The molecule has 0 unspecified atom stereocenters. The van der Waals surface area contributed by atoms with Crippen molar-refractivity contribution < 1.29 is 9.66 Å². The van der Waals surface area contributed by atoms with E-state index in [2.05, 4.69) is 5.32 Å². The Balaban J connectivity index is 2.33. The summed E-state index contributed by atoms with van der Waals surface area (Å²) >= 11 is 1.15. The molecule has 0 aliphatic carbocycles. The molecule has 5 nitrogen and oxygen atoms in total. The molecule has 78 valence electrons. The van der Waals surface area contributed by atoms with Gasteiger partial charge in [0.2, 0.25) is 0 Å². The van der Waals surface area contributed by atoms with Crippen molar-refractivity contribution >= 4 is 16.3 Å². The average molecular weight is 216 g/mol. The fraction of sp³-hybridized carbons (Fsp3) is 0.500. The van der Waals surface area contributed by atoms with Crippen LogP contribution in [0.15, 0.2) is 11.4 Å². The van der Waals surface area contributed by atoms with Crippen LogP contribution in [0.1, 0.15) is 5.56 Å². The summed E-state index contributed by atoms with van der Waals surface area (Å²) in [7, 11) is 1.64. The lowest BCUT2D eigenvalue weighted by atomic mass is 10.3. The second-order valence-electron chi connectivity index (χ2n) is 2.72. The molecule has 1 rings (SSSR count). The van der Waals surface area contributed by atoms with Crippen molar-refractivity contribution in [2.45, 2.75) is 6.54 Å². The van der Waals surface area contributed by atoms with Gasteiger partial charge in [0.05, 0.1) is 11.5 Å². The van der Waals surface area contributed by atoms with E-state index < -0.39 is 0 Å². The summed E-state index contributed by atoms with van der Waals surface area (Å²) in [5, 5.41) is 15.5. The summed E-state index contributed by atoms with van der Waals surface area (Å²) in [6.07, 6.45) is 0. The Morgan fingerprint density at radius 1 is 1.71 bits per heavy atom. The molecule has 0 radical (unpaired) electrons. The van der Waals surface area contributed by atoms with Gasteiger partial charge in [0.15, 0.2) is 0 Å². The second-order valence-corrected chi connectivity index (χ2v) is 3.61. The maximum Gasteiger partial charge on any atom is 0.324 e. The zero-order chi connectivity index (χ0) is 10.4. The molecule has 0 bridgehead atoms. The zero-order valence-electron chi connectivity index (χ0n) is 7.86. The van der Waals surface area contributed by atoms with Gasteiger partial charge in [-0.25, -0.2) is 0 Å². The average Bonchev–Trinajstić information content (AvgIpc) is 2.61. The third kappa shape index (κ3) is 3.41. The monoisotopic (exact) mass is 216 g/mol. The molecule has 0 atom stereocenters. The Morgan fingerprint density at radius 3 is 3.07 bits per heavy atom. The number of hydrogen-bond acceptors (Lipinski definition) is 5. The summed E-state index contributed by atoms with van der Waals surface area (Å²) < 4.78 is 4.86. The highest BCUT2D eigenvalue weighted by atomic mass is 32.1. The van der Waals surface area contributed by atoms with Gasteiger partial charge in [0.1, 0.15) is 0 Å². The third-order valence-electron chi connectivity index (χ3n) is 1.63. The highest BCUT2D eigenvalue weighted by Crippen LogP contribution is 2.22. The van der Waals surface area contributed by atoms with Crippen LogP contribution in [-0.4, -0.2) is 25.2 Å². The number of thiophene rings is 1. The first-order valence-corrected chi connectivity index (χ1v) is 5.03. The molecule has 1 aromatic rings. The normalized spacial score (nSPS) is 10.4. The third-order valence-corrected chi connectivity index (χ3v) is 2.56. The van der Waals surface area contributed by atoms with Gasteiger partial charge in [-0.3, -0.25) is 10.1 Å². The van der Waals surface area contributed by atoms with Crippen molar-refractivity contribution in [2.24, 2.45) is 0 Å². The standard InChI is InChI=1S/C8H12N2O3S/c1-13-3-2-9-5-7-4-8(10(11)12)14-6-7/h4,6,9H,2-3,5H2,1H3. The number of nitrogens with zero attached hydrogens (tertiary/aromatic N) is 1. The summed E-state index contributed by atoms with van der Waals surface area (Å²) in [4.78, 5) is 9.99. The largest absolute Gasteiger partial charge is 0.383 e. The molecule has 1 heterocycles. The van der Waals surface area contributed by atoms with E-state index in [1.807, 2.05) is 0 Å². The van der Waals surface area contributed by atoms with Gasteiger partial charge in [0.25, 0.3) is 0 Å². The molecule has 1 aromatic heterocycles. The van der Waals surface area contributed by atoms with E-state index in [1.54, 1.807) is 18.6 Å². The molecule has 0 aromatic carbocycles. The summed E-state index contributed by atoms with van der Waals surface area (Å²) in [6, 6.07) is 1.59. The Bertz CT molecular complexity index is 301. The van der Waals surface area contributed by atoms with Crippen molar-refractivity contribution in [3.05, 3.63) is 27.1 Å². The molecule has 0 aliphatic heterocycles. The zero-order valence-corrected chi connectivity index (χ0v) is 8.67. The van der Waals surface area contributed by atoms with Crippen LogP contribution in [0.5, 0.6) is 0 Å². The molecule has 0 spiro atoms. The first kappa shape index (κ1) is 11.1. The molecule has 0 aliphatic rings. The summed E-state index contributed by atoms with van der Waals surface area (Å²) in [5.74, 6) is 0. The minimum Gasteiger partial charge on any atom is -0.383 e. The number of nitro groups is 1. The van der Waals surface area contributed by atoms with E-state index in [4.69, 9.17) is 4.74 Å². The number of hydrogen-bond donors (Lipinski definition) is 1. The maximum atomic E-state index is 10.4. The Morgan fingerprint density at radius 2 is 2.50 bits per heavy atom. The van der Waals surface area contributed by atoms with Crippen LogP contribution >= 0.6 is 11.3 Å². The van der Waals surface area contributed by atoms with Crippen molar-refractivity contribution in [3.8, 4) is 0 Å². The number of nitrogens with one attached hydrogen (secondary N) is 1. The Labute approximate surface area is 85.8 Å². The molecule has 0 fully saturated rings. The van der Waals surface area contributed by atoms with Crippen LogP contribution in [0, 0.1) is 10.1 Å². The van der Waals surface area contributed by atoms with Crippen molar-refractivity contribution in [1.29, 1.82) is 0 Å². The van der Waals surface area contributed by atoms with E-state index >= 15 is 0 Å². The van der Waals surface area contributed by atoms with E-state index in [1.165, 1.54) is 0 Å². The molecular weight excluding hydrogens is 204 g/mol. The first-order chi connectivity index (χ1) is 6.74. The maximum absolute atomic E-state index is 10.4. The van der Waals surface area contributed by atoms with Crippen LogP contribution in [-0.2, 0) is 11.3 Å². The molecular formula is C8H12N2O3S. The van der Waals surface area contributed by atoms with Gasteiger partial charge < -0.3 is 10.1 Å². The van der Waals surface area contributed by atoms with E-state index in [9.17, 15) is 10.1 Å². The van der Waals surface area contributed by atoms with Crippen molar-refractivity contribution in [1.82, 2.24) is 5.32 Å². The summed E-state index contributed by atoms with van der Waals surface area (Å²) in [6.45, 7) is 2.04. The van der Waals surface area contributed by atoms with Gasteiger partial charge >= 0.3 is 5.00 Å². The molecule has 1 N–H and O–H groups in total. The topological polar surface area (TPSA) is 64.4 Å². The van der Waals surface area contributed by atoms with Gasteiger partial charge in [-0.05, 0) is 5.56 Å². The van der Waals surface area contributed by atoms with Crippen molar-refractivity contribution in [2.75, 3.05) is 20.3 Å². The lowest BCUT2D eigenvalue weighted by molar-refractivity contribution is -0.380. The van der Waals surface area contributed by atoms with Crippen LogP contribution in [0.3, 0.4) is 0 Å². The minimum absolute atomic E-state index is 0.188. The van der Waals surface area contributed by atoms with E-state index in [0.717, 1.165) is 23.4 Å². The number of rotatable bonds is 6. The SMILES string of the molecule is COCCNCc1csc([N+](=O)[O-])c1. The van der Waals surface area contributed by atoms with Gasteiger partial charge in [-0.1, -0.05) is 11.3 Å². The first-order valence-electron chi connectivity index (χ1n) is 4.15. The van der Waals surface area contributed by atoms with E-state index in [-0.39, 0.29) is 9.92 Å². The predicted molar refractivity (Wildman–Crippen MR) is 54.6 cm³/mol. The predicted octanol–water partition coefficient (Wildman–Crippen LogP) is 1.39. The van der Waals surface area contributed by atoms with Crippen LogP contribution in [0.25, 0.3) is 0 Å².